The first-order valence-electron chi connectivity index (χ1n) is 8.25. The minimum absolute atomic E-state index is 0.0186. The third-order valence-electron chi connectivity index (χ3n) is 4.69. The molecule has 0 aromatic heterocycles. The van der Waals surface area contributed by atoms with Crippen molar-refractivity contribution >= 4 is 17.8 Å². The molecule has 2 rings (SSSR count). The minimum atomic E-state index is -0.836. The van der Waals surface area contributed by atoms with Crippen LogP contribution in [-0.2, 0) is 9.59 Å². The fourth-order valence-electron chi connectivity index (χ4n) is 3.23. The van der Waals surface area contributed by atoms with E-state index in [1.807, 2.05) is 0 Å². The summed E-state index contributed by atoms with van der Waals surface area (Å²) in [6, 6.07) is -0.0896. The molecule has 0 spiro atoms. The lowest BCUT2D eigenvalue weighted by Crippen LogP contribution is -2.41. The lowest BCUT2D eigenvalue weighted by atomic mass is 9.86. The summed E-state index contributed by atoms with van der Waals surface area (Å²) < 4.78 is 0. The molecule has 0 radical (unpaired) electrons. The monoisotopic (exact) mass is 309 g/mol. The summed E-state index contributed by atoms with van der Waals surface area (Å²) in [4.78, 5) is 37.0. The van der Waals surface area contributed by atoms with Gasteiger partial charge in [0.2, 0.25) is 5.91 Å². The predicted molar refractivity (Wildman–Crippen MR) is 83.1 cm³/mol. The number of urea groups is 1. The van der Waals surface area contributed by atoms with E-state index in [-0.39, 0.29) is 23.9 Å². The van der Waals surface area contributed by atoms with Crippen molar-refractivity contribution in [2.75, 3.05) is 6.54 Å². The highest BCUT2D eigenvalue weighted by atomic mass is 16.2. The molecule has 124 valence electrons. The first-order chi connectivity index (χ1) is 10.3. The van der Waals surface area contributed by atoms with Gasteiger partial charge in [0.1, 0.15) is 5.54 Å². The lowest BCUT2D eigenvalue weighted by molar-refractivity contribution is -0.130. The highest BCUT2D eigenvalue weighted by Crippen LogP contribution is 2.23. The Hall–Kier alpha value is -1.59. The van der Waals surface area contributed by atoms with Crippen LogP contribution in [0.15, 0.2) is 0 Å². The number of hydrogen-bond donors (Lipinski definition) is 2. The normalized spacial score (nSPS) is 27.7. The molecule has 1 saturated carbocycles. The topological polar surface area (TPSA) is 78.5 Å². The van der Waals surface area contributed by atoms with Crippen LogP contribution in [0.25, 0.3) is 0 Å². The van der Waals surface area contributed by atoms with Crippen LogP contribution >= 0.6 is 0 Å². The van der Waals surface area contributed by atoms with Crippen LogP contribution < -0.4 is 10.6 Å². The Morgan fingerprint density at radius 2 is 2.00 bits per heavy atom. The highest BCUT2D eigenvalue weighted by molar-refractivity contribution is 6.06. The fourth-order valence-corrected chi connectivity index (χ4v) is 3.23. The molecule has 0 bridgehead atoms. The van der Waals surface area contributed by atoms with Gasteiger partial charge in [0.05, 0.1) is 0 Å². The minimum Gasteiger partial charge on any atom is -0.353 e. The summed E-state index contributed by atoms with van der Waals surface area (Å²) >= 11 is 0. The molecule has 2 unspecified atom stereocenters. The zero-order valence-corrected chi connectivity index (χ0v) is 13.8. The van der Waals surface area contributed by atoms with Crippen LogP contribution in [0.3, 0.4) is 0 Å². The summed E-state index contributed by atoms with van der Waals surface area (Å²) in [6.07, 6.45) is 5.49. The molecular weight excluding hydrogens is 282 g/mol. The van der Waals surface area contributed by atoms with Crippen LogP contribution in [0.2, 0.25) is 0 Å². The number of carbonyl (C=O) groups is 3. The first kappa shape index (κ1) is 16.8. The number of carbonyl (C=O) groups excluding carboxylic acids is 3. The van der Waals surface area contributed by atoms with Crippen molar-refractivity contribution in [3.05, 3.63) is 0 Å². The standard InChI is InChI=1S/C16H27N3O3/c1-11-7-4-5-8-12(11)17-13(20)9-6-10-19-14(21)16(2,3)18-15(19)22/h11-12H,4-10H2,1-3H3,(H,17,20)(H,18,22). The second-order valence-electron chi connectivity index (χ2n) is 7.05. The molecule has 6 heteroatoms. The van der Waals surface area contributed by atoms with E-state index in [1.54, 1.807) is 13.8 Å². The van der Waals surface area contributed by atoms with E-state index in [2.05, 4.69) is 17.6 Å². The third kappa shape index (κ3) is 3.78. The summed E-state index contributed by atoms with van der Waals surface area (Å²) in [7, 11) is 0. The smallest absolute Gasteiger partial charge is 0.325 e. The van der Waals surface area contributed by atoms with Crippen LogP contribution in [0, 0.1) is 5.92 Å². The number of nitrogens with one attached hydrogen (secondary N) is 2. The molecular formula is C16H27N3O3. The van der Waals surface area contributed by atoms with Gasteiger partial charge in [-0.1, -0.05) is 19.8 Å². The van der Waals surface area contributed by atoms with E-state index in [0.717, 1.165) is 6.42 Å². The van der Waals surface area contributed by atoms with Crippen molar-refractivity contribution in [3.8, 4) is 0 Å². The Kier molecular flexibility index (Phi) is 5.08. The average Bonchev–Trinajstić information content (AvgIpc) is 2.63. The average molecular weight is 309 g/mol. The summed E-state index contributed by atoms with van der Waals surface area (Å²) in [5, 5.41) is 5.73. The van der Waals surface area contributed by atoms with Crippen molar-refractivity contribution in [2.45, 2.75) is 70.9 Å². The molecule has 2 atom stereocenters. The number of hydrogen-bond acceptors (Lipinski definition) is 3. The van der Waals surface area contributed by atoms with Gasteiger partial charge in [0.25, 0.3) is 5.91 Å². The number of nitrogens with zero attached hydrogens (tertiary/aromatic N) is 1. The second-order valence-corrected chi connectivity index (χ2v) is 7.05. The molecule has 1 heterocycles. The molecule has 1 aliphatic carbocycles. The van der Waals surface area contributed by atoms with E-state index in [9.17, 15) is 14.4 Å². The highest BCUT2D eigenvalue weighted by Gasteiger charge is 2.43. The van der Waals surface area contributed by atoms with E-state index in [0.29, 0.717) is 25.3 Å². The van der Waals surface area contributed by atoms with Gasteiger partial charge in [0.15, 0.2) is 0 Å². The van der Waals surface area contributed by atoms with Gasteiger partial charge in [-0.25, -0.2) is 4.79 Å². The summed E-state index contributed by atoms with van der Waals surface area (Å²) in [5.41, 5.74) is -0.836. The van der Waals surface area contributed by atoms with E-state index >= 15 is 0 Å². The number of imide groups is 1. The number of rotatable bonds is 5. The van der Waals surface area contributed by atoms with Gasteiger partial charge in [-0.2, -0.15) is 0 Å². The van der Waals surface area contributed by atoms with Crippen molar-refractivity contribution < 1.29 is 14.4 Å². The third-order valence-corrected chi connectivity index (χ3v) is 4.69. The predicted octanol–water partition coefficient (Wildman–Crippen LogP) is 1.79. The van der Waals surface area contributed by atoms with Gasteiger partial charge in [-0.15, -0.1) is 0 Å². The fraction of sp³-hybridized carbons (Fsp3) is 0.812. The van der Waals surface area contributed by atoms with Gasteiger partial charge in [0, 0.05) is 19.0 Å². The maximum Gasteiger partial charge on any atom is 0.325 e. The maximum atomic E-state index is 12.0. The first-order valence-corrected chi connectivity index (χ1v) is 8.25. The summed E-state index contributed by atoms with van der Waals surface area (Å²) in [6.45, 7) is 5.84. The molecule has 2 fully saturated rings. The van der Waals surface area contributed by atoms with Crippen molar-refractivity contribution in [1.29, 1.82) is 0 Å². The van der Waals surface area contributed by atoms with Crippen molar-refractivity contribution in [3.63, 3.8) is 0 Å². The molecule has 0 aromatic rings. The summed E-state index contributed by atoms with van der Waals surface area (Å²) in [5.74, 6) is 0.327. The molecule has 4 amide bonds. The van der Waals surface area contributed by atoms with Crippen LogP contribution in [0.5, 0.6) is 0 Å². The molecule has 0 aromatic carbocycles. The largest absolute Gasteiger partial charge is 0.353 e. The van der Waals surface area contributed by atoms with Gasteiger partial charge in [-0.05, 0) is 39.0 Å². The Balaban J connectivity index is 1.73. The number of amides is 4. The van der Waals surface area contributed by atoms with Crippen molar-refractivity contribution in [2.24, 2.45) is 5.92 Å². The van der Waals surface area contributed by atoms with Crippen LogP contribution in [0.4, 0.5) is 4.79 Å². The quantitative estimate of drug-likeness (QED) is 0.760. The van der Waals surface area contributed by atoms with Crippen molar-refractivity contribution in [1.82, 2.24) is 15.5 Å². The Morgan fingerprint density at radius 3 is 2.59 bits per heavy atom. The Labute approximate surface area is 132 Å². The molecule has 6 nitrogen and oxygen atoms in total. The van der Waals surface area contributed by atoms with Crippen LogP contribution in [0.1, 0.15) is 59.3 Å². The Morgan fingerprint density at radius 1 is 1.32 bits per heavy atom. The maximum absolute atomic E-state index is 12.0. The molecule has 22 heavy (non-hydrogen) atoms. The zero-order valence-electron chi connectivity index (χ0n) is 13.8. The van der Waals surface area contributed by atoms with E-state index in [4.69, 9.17) is 0 Å². The van der Waals surface area contributed by atoms with E-state index < -0.39 is 5.54 Å². The van der Waals surface area contributed by atoms with Gasteiger partial charge in [-0.3, -0.25) is 14.5 Å². The molecule has 2 N–H and O–H groups in total. The second kappa shape index (κ2) is 6.67. The lowest BCUT2D eigenvalue weighted by Gasteiger charge is -2.29. The molecule has 2 aliphatic rings. The van der Waals surface area contributed by atoms with Gasteiger partial charge < -0.3 is 10.6 Å². The van der Waals surface area contributed by atoms with Crippen LogP contribution in [-0.4, -0.2) is 40.9 Å². The van der Waals surface area contributed by atoms with Gasteiger partial charge >= 0.3 is 6.03 Å². The zero-order chi connectivity index (χ0) is 16.3. The van der Waals surface area contributed by atoms with E-state index in [1.165, 1.54) is 24.2 Å². The Bertz CT molecular complexity index is 462. The molecule has 1 aliphatic heterocycles. The SMILES string of the molecule is CC1CCCCC1NC(=O)CCCN1C(=O)NC(C)(C)C1=O. The molecule has 1 saturated heterocycles.